The lowest BCUT2D eigenvalue weighted by atomic mass is 10.1. The second kappa shape index (κ2) is 7.44. The predicted molar refractivity (Wildman–Crippen MR) is 102 cm³/mol. The Hall–Kier alpha value is -2.80. The minimum absolute atomic E-state index is 0.136. The van der Waals surface area contributed by atoms with Gasteiger partial charge in [0.15, 0.2) is 0 Å². The Balaban J connectivity index is 1.58. The summed E-state index contributed by atoms with van der Waals surface area (Å²) in [6.07, 6.45) is 0.960. The fourth-order valence-corrected chi connectivity index (χ4v) is 4.39. The highest BCUT2D eigenvalue weighted by molar-refractivity contribution is 7.83. The number of fused-ring (bicyclic) bond motifs is 1. The summed E-state index contributed by atoms with van der Waals surface area (Å²) in [5.41, 5.74) is 3.25. The van der Waals surface area contributed by atoms with Crippen LogP contribution in [-0.2, 0) is 33.5 Å². The maximum absolute atomic E-state index is 13.2. The van der Waals surface area contributed by atoms with Gasteiger partial charge in [0.25, 0.3) is 0 Å². The third-order valence-corrected chi connectivity index (χ3v) is 5.69. The lowest BCUT2D eigenvalue weighted by molar-refractivity contribution is -0.116. The lowest BCUT2D eigenvalue weighted by Crippen LogP contribution is -2.17. The first kappa shape index (κ1) is 17.6. The molecule has 1 atom stereocenters. The molecule has 1 amide bonds. The number of aryl methyl sites for hydroxylation is 1. The number of nitrogens with zero attached hydrogens (tertiary/aromatic N) is 2. The molecule has 3 aromatic rings. The van der Waals surface area contributed by atoms with Gasteiger partial charge in [-0.1, -0.05) is 30.3 Å². The summed E-state index contributed by atoms with van der Waals surface area (Å²) in [7, 11) is -1.00. The zero-order valence-corrected chi connectivity index (χ0v) is 15.3. The van der Waals surface area contributed by atoms with Crippen molar-refractivity contribution < 1.29 is 13.4 Å². The molecule has 1 aliphatic heterocycles. The van der Waals surface area contributed by atoms with Crippen LogP contribution in [0.25, 0.3) is 5.69 Å². The standard InChI is InChI=1S/C20H18FN3O2S/c21-15-7-9-16(10-8-15)24-20(17-12-27(26)13-18(17)23-24)22-19(25)11-6-14-4-2-1-3-5-14/h1-5,7-10H,6,11-13H2,(H,22,25)/t27-/m0/s1. The highest BCUT2D eigenvalue weighted by Gasteiger charge is 2.28. The van der Waals surface area contributed by atoms with E-state index in [-0.39, 0.29) is 11.7 Å². The van der Waals surface area contributed by atoms with E-state index in [1.54, 1.807) is 16.8 Å². The van der Waals surface area contributed by atoms with Crippen molar-refractivity contribution in [1.29, 1.82) is 0 Å². The van der Waals surface area contributed by atoms with Gasteiger partial charge in [0.2, 0.25) is 5.91 Å². The third kappa shape index (κ3) is 3.83. The molecule has 0 bridgehead atoms. The van der Waals surface area contributed by atoms with Crippen molar-refractivity contribution in [2.24, 2.45) is 0 Å². The van der Waals surface area contributed by atoms with Crippen molar-refractivity contribution in [1.82, 2.24) is 9.78 Å². The molecule has 2 aromatic carbocycles. The van der Waals surface area contributed by atoms with E-state index in [0.717, 1.165) is 16.8 Å². The van der Waals surface area contributed by atoms with E-state index in [1.165, 1.54) is 12.1 Å². The minimum atomic E-state index is -1.00. The van der Waals surface area contributed by atoms with Crippen molar-refractivity contribution in [3.63, 3.8) is 0 Å². The van der Waals surface area contributed by atoms with Crippen LogP contribution in [0.2, 0.25) is 0 Å². The van der Waals surface area contributed by atoms with Crippen LogP contribution in [0.3, 0.4) is 0 Å². The van der Waals surface area contributed by atoms with Gasteiger partial charge < -0.3 is 5.32 Å². The van der Waals surface area contributed by atoms with Crippen molar-refractivity contribution in [2.45, 2.75) is 24.3 Å². The molecule has 0 unspecified atom stereocenters. The predicted octanol–water partition coefficient (Wildman–Crippen LogP) is 3.35. The SMILES string of the molecule is O=C(CCc1ccccc1)Nc1c2c(nn1-c1ccc(F)cc1)C[S@@](=O)C2. The van der Waals surface area contributed by atoms with Gasteiger partial charge >= 0.3 is 0 Å². The fraction of sp³-hybridized carbons (Fsp3) is 0.200. The number of benzene rings is 2. The summed E-state index contributed by atoms with van der Waals surface area (Å²) >= 11 is 0. The summed E-state index contributed by atoms with van der Waals surface area (Å²) in [4.78, 5) is 12.5. The van der Waals surface area contributed by atoms with Crippen molar-refractivity contribution in [3.05, 3.63) is 77.2 Å². The maximum Gasteiger partial charge on any atom is 0.225 e. The molecule has 0 aliphatic carbocycles. The van der Waals surface area contributed by atoms with Crippen molar-refractivity contribution >= 4 is 22.5 Å². The van der Waals surface area contributed by atoms with Crippen LogP contribution in [-0.4, -0.2) is 19.9 Å². The first-order valence-corrected chi connectivity index (χ1v) is 10.1. The molecule has 0 saturated heterocycles. The van der Waals surface area contributed by atoms with E-state index >= 15 is 0 Å². The average Bonchev–Trinajstić information content (AvgIpc) is 3.19. The Bertz CT molecular complexity index is 1000. The van der Waals surface area contributed by atoms with Crippen LogP contribution in [0.15, 0.2) is 54.6 Å². The highest BCUT2D eigenvalue weighted by Crippen LogP contribution is 2.31. The smallest absolute Gasteiger partial charge is 0.225 e. The number of halogens is 1. The van der Waals surface area contributed by atoms with E-state index in [0.29, 0.717) is 35.9 Å². The van der Waals surface area contributed by atoms with Crippen LogP contribution in [0, 0.1) is 5.82 Å². The van der Waals surface area contributed by atoms with Gasteiger partial charge in [-0.25, -0.2) is 9.07 Å². The van der Waals surface area contributed by atoms with Gasteiger partial charge in [-0.2, -0.15) is 5.10 Å². The van der Waals surface area contributed by atoms with Crippen LogP contribution in [0.4, 0.5) is 10.2 Å². The monoisotopic (exact) mass is 383 g/mol. The molecule has 2 heterocycles. The molecule has 5 nitrogen and oxygen atoms in total. The number of hydrogen-bond donors (Lipinski definition) is 1. The molecule has 138 valence electrons. The summed E-state index contributed by atoms with van der Waals surface area (Å²) in [5, 5.41) is 7.43. The molecule has 27 heavy (non-hydrogen) atoms. The molecule has 4 rings (SSSR count). The number of carbonyl (C=O) groups is 1. The molecule has 0 radical (unpaired) electrons. The van der Waals surface area contributed by atoms with E-state index in [4.69, 9.17) is 0 Å². The van der Waals surface area contributed by atoms with Gasteiger partial charge in [0.05, 0.1) is 22.9 Å². The van der Waals surface area contributed by atoms with Gasteiger partial charge in [-0.05, 0) is 36.2 Å². The number of carbonyl (C=O) groups excluding carboxylic acids is 1. The van der Waals surface area contributed by atoms with Crippen LogP contribution in [0.1, 0.15) is 23.2 Å². The van der Waals surface area contributed by atoms with Gasteiger partial charge in [0, 0.05) is 22.8 Å². The molecule has 0 saturated carbocycles. The first-order chi connectivity index (χ1) is 13.1. The Labute approximate surface area is 158 Å². The normalized spacial score (nSPS) is 15.5. The zero-order chi connectivity index (χ0) is 18.8. The largest absolute Gasteiger partial charge is 0.310 e. The Kier molecular flexibility index (Phi) is 4.85. The fourth-order valence-electron chi connectivity index (χ4n) is 3.12. The minimum Gasteiger partial charge on any atom is -0.310 e. The molecule has 7 heteroatoms. The highest BCUT2D eigenvalue weighted by atomic mass is 32.2. The summed E-state index contributed by atoms with van der Waals surface area (Å²) in [6.45, 7) is 0. The third-order valence-electron chi connectivity index (χ3n) is 4.48. The van der Waals surface area contributed by atoms with E-state index < -0.39 is 10.8 Å². The number of nitrogens with one attached hydrogen (secondary N) is 1. The van der Waals surface area contributed by atoms with Gasteiger partial charge in [-0.3, -0.25) is 9.00 Å². The van der Waals surface area contributed by atoms with Crippen LogP contribution in [0.5, 0.6) is 0 Å². The van der Waals surface area contributed by atoms with E-state index in [2.05, 4.69) is 10.4 Å². The molecule has 1 aliphatic rings. The molecular formula is C20H18FN3O2S. The number of anilines is 1. The second-order valence-electron chi connectivity index (χ2n) is 6.42. The van der Waals surface area contributed by atoms with Gasteiger partial charge in [-0.15, -0.1) is 0 Å². The Morgan fingerprint density at radius 2 is 1.85 bits per heavy atom. The topological polar surface area (TPSA) is 64.0 Å². The molecule has 0 fully saturated rings. The molecule has 1 aromatic heterocycles. The number of hydrogen-bond acceptors (Lipinski definition) is 3. The zero-order valence-electron chi connectivity index (χ0n) is 14.5. The van der Waals surface area contributed by atoms with Crippen LogP contribution < -0.4 is 5.32 Å². The van der Waals surface area contributed by atoms with Crippen LogP contribution >= 0.6 is 0 Å². The molecule has 0 spiro atoms. The molecule has 1 N–H and O–H groups in total. The van der Waals surface area contributed by atoms with Gasteiger partial charge in [0.1, 0.15) is 11.6 Å². The number of rotatable bonds is 5. The van der Waals surface area contributed by atoms with E-state index in [1.807, 2.05) is 30.3 Å². The molecular weight excluding hydrogens is 365 g/mol. The summed E-state index contributed by atoms with van der Waals surface area (Å²) in [5.74, 6) is 0.789. The van der Waals surface area contributed by atoms with Crippen molar-refractivity contribution in [2.75, 3.05) is 5.32 Å². The quantitative estimate of drug-likeness (QED) is 0.735. The summed E-state index contributed by atoms with van der Waals surface area (Å²) in [6, 6.07) is 15.7. The Morgan fingerprint density at radius 3 is 2.59 bits per heavy atom. The lowest BCUT2D eigenvalue weighted by Gasteiger charge is -2.11. The number of aromatic nitrogens is 2. The maximum atomic E-state index is 13.2. The van der Waals surface area contributed by atoms with E-state index in [9.17, 15) is 13.4 Å². The Morgan fingerprint density at radius 1 is 1.11 bits per heavy atom. The number of amides is 1. The second-order valence-corrected chi connectivity index (χ2v) is 7.88. The van der Waals surface area contributed by atoms with Crippen molar-refractivity contribution in [3.8, 4) is 5.69 Å². The average molecular weight is 383 g/mol. The summed E-state index contributed by atoms with van der Waals surface area (Å²) < 4.78 is 26.7. The first-order valence-electron chi connectivity index (χ1n) is 8.65.